The summed E-state index contributed by atoms with van der Waals surface area (Å²) in [6.45, 7) is 12.3. The number of hydrogen-bond donors (Lipinski definition) is 3. The highest BCUT2D eigenvalue weighted by molar-refractivity contribution is 5.89. The number of carbonyl (C=O) groups excluding carboxylic acids is 1. The maximum Gasteiger partial charge on any atom is 0.319 e. The van der Waals surface area contributed by atoms with Crippen molar-refractivity contribution in [3.05, 3.63) is 65.7 Å². The monoisotopic (exact) mass is 351 g/mol. The number of amides is 2. The molecule has 2 rings (SSSR count). The Morgan fingerprint density at radius 3 is 2.31 bits per heavy atom. The van der Waals surface area contributed by atoms with Crippen molar-refractivity contribution in [3.8, 4) is 0 Å². The molecule has 0 bridgehead atoms. The largest absolute Gasteiger partial charge is 0.388 e. The number of urea groups is 1. The second-order valence-electron chi connectivity index (χ2n) is 7.45. The smallest absolute Gasteiger partial charge is 0.319 e. The highest BCUT2D eigenvalue weighted by Gasteiger charge is 2.14. The van der Waals surface area contributed by atoms with Crippen molar-refractivity contribution in [2.24, 2.45) is 0 Å². The molecule has 2 aromatic carbocycles. The van der Waals surface area contributed by atoms with Gasteiger partial charge in [-0.1, -0.05) is 51.6 Å². The highest BCUT2D eigenvalue weighted by Crippen LogP contribution is 2.24. The van der Waals surface area contributed by atoms with Gasteiger partial charge in [0.1, 0.15) is 0 Å². The minimum Gasteiger partial charge on any atom is -0.388 e. The van der Waals surface area contributed by atoms with Crippen LogP contribution in [0.25, 0.3) is 6.08 Å². The zero-order valence-electron chi connectivity index (χ0n) is 16.3. The van der Waals surface area contributed by atoms with Gasteiger partial charge in [0.25, 0.3) is 0 Å². The van der Waals surface area contributed by atoms with E-state index in [-0.39, 0.29) is 17.5 Å². The van der Waals surface area contributed by atoms with Crippen LogP contribution in [0.2, 0.25) is 0 Å². The van der Waals surface area contributed by atoms with Crippen molar-refractivity contribution in [1.82, 2.24) is 5.32 Å². The van der Waals surface area contributed by atoms with Gasteiger partial charge in [-0.05, 0) is 53.3 Å². The molecule has 2 aromatic rings. The predicted octanol–water partition coefficient (Wildman–Crippen LogP) is 5.55. The molecule has 26 heavy (non-hydrogen) atoms. The van der Waals surface area contributed by atoms with Crippen LogP contribution >= 0.6 is 0 Å². The van der Waals surface area contributed by atoms with Gasteiger partial charge in [0.15, 0.2) is 0 Å². The number of carbonyl (C=O) groups is 1. The molecule has 0 aliphatic rings. The second kappa shape index (κ2) is 8.09. The number of nitrogens with one attached hydrogen (secondary N) is 3. The Morgan fingerprint density at radius 1 is 1.12 bits per heavy atom. The van der Waals surface area contributed by atoms with Crippen LogP contribution in [0.5, 0.6) is 0 Å². The fourth-order valence-electron chi connectivity index (χ4n) is 2.75. The molecule has 4 nitrogen and oxygen atoms in total. The maximum absolute atomic E-state index is 12.3. The van der Waals surface area contributed by atoms with Gasteiger partial charge in [0, 0.05) is 18.4 Å². The van der Waals surface area contributed by atoms with Crippen LogP contribution < -0.4 is 16.0 Å². The molecular weight excluding hydrogens is 322 g/mol. The number of benzene rings is 2. The van der Waals surface area contributed by atoms with E-state index in [4.69, 9.17) is 0 Å². The Kier molecular flexibility index (Phi) is 6.09. The van der Waals surface area contributed by atoms with Gasteiger partial charge in [-0.25, -0.2) is 4.79 Å². The lowest BCUT2D eigenvalue weighted by molar-refractivity contribution is 0.249. The molecule has 3 N–H and O–H groups in total. The molecule has 0 spiro atoms. The zero-order chi connectivity index (χ0) is 19.3. The fraction of sp³-hybridized carbons (Fsp3) is 0.318. The summed E-state index contributed by atoms with van der Waals surface area (Å²) in [6.07, 6.45) is 1.80. The molecule has 0 aliphatic heterocycles. The Bertz CT molecular complexity index is 773. The van der Waals surface area contributed by atoms with E-state index in [1.165, 1.54) is 5.56 Å². The van der Waals surface area contributed by atoms with Gasteiger partial charge in [0.2, 0.25) is 0 Å². The minimum absolute atomic E-state index is 0.0949. The summed E-state index contributed by atoms with van der Waals surface area (Å²) in [4.78, 5) is 12.3. The average molecular weight is 351 g/mol. The van der Waals surface area contributed by atoms with Crippen molar-refractivity contribution in [2.75, 3.05) is 17.7 Å². The van der Waals surface area contributed by atoms with Crippen LogP contribution in [-0.2, 0) is 5.41 Å². The third-order valence-electron chi connectivity index (χ3n) is 4.42. The Morgan fingerprint density at radius 2 is 1.77 bits per heavy atom. The first-order valence-electron chi connectivity index (χ1n) is 8.87. The van der Waals surface area contributed by atoms with Gasteiger partial charge in [0.05, 0.1) is 6.04 Å². The molecule has 0 saturated carbocycles. The summed E-state index contributed by atoms with van der Waals surface area (Å²) in [7, 11) is 1.88. The number of rotatable bonds is 5. The van der Waals surface area contributed by atoms with E-state index in [1.807, 2.05) is 56.4 Å². The summed E-state index contributed by atoms with van der Waals surface area (Å²) >= 11 is 0. The lowest BCUT2D eigenvalue weighted by Crippen LogP contribution is -2.31. The molecule has 0 unspecified atom stereocenters. The summed E-state index contributed by atoms with van der Waals surface area (Å²) in [5, 5.41) is 8.99. The minimum atomic E-state index is -0.223. The fourth-order valence-corrected chi connectivity index (χ4v) is 2.75. The quantitative estimate of drug-likeness (QED) is 0.661. The van der Waals surface area contributed by atoms with Crippen LogP contribution in [0, 0.1) is 0 Å². The number of hydrogen-bond acceptors (Lipinski definition) is 2. The van der Waals surface area contributed by atoms with E-state index < -0.39 is 0 Å². The summed E-state index contributed by atoms with van der Waals surface area (Å²) in [5.74, 6) is 0. The van der Waals surface area contributed by atoms with Crippen molar-refractivity contribution < 1.29 is 4.79 Å². The highest BCUT2D eigenvalue weighted by atomic mass is 16.2. The Hall–Kier alpha value is -2.75. The van der Waals surface area contributed by atoms with E-state index in [0.29, 0.717) is 0 Å². The van der Waals surface area contributed by atoms with Crippen molar-refractivity contribution >= 4 is 23.5 Å². The molecule has 1 atom stereocenters. The zero-order valence-corrected chi connectivity index (χ0v) is 16.3. The van der Waals surface area contributed by atoms with E-state index >= 15 is 0 Å². The first kappa shape index (κ1) is 19.6. The van der Waals surface area contributed by atoms with Gasteiger partial charge in [-0.15, -0.1) is 0 Å². The van der Waals surface area contributed by atoms with Crippen LogP contribution in [0.1, 0.15) is 50.4 Å². The lowest BCUT2D eigenvalue weighted by atomic mass is 9.87. The molecule has 0 aliphatic carbocycles. The van der Waals surface area contributed by atoms with Crippen LogP contribution in [0.15, 0.2) is 49.0 Å². The first-order chi connectivity index (χ1) is 12.2. The molecule has 0 radical (unpaired) electrons. The molecule has 0 aromatic heterocycles. The average Bonchev–Trinajstić information content (AvgIpc) is 2.60. The predicted molar refractivity (Wildman–Crippen MR) is 112 cm³/mol. The van der Waals surface area contributed by atoms with E-state index in [1.54, 1.807) is 6.08 Å². The van der Waals surface area contributed by atoms with Gasteiger partial charge >= 0.3 is 6.03 Å². The van der Waals surface area contributed by atoms with Gasteiger partial charge in [-0.2, -0.15) is 0 Å². The van der Waals surface area contributed by atoms with Crippen LogP contribution in [-0.4, -0.2) is 13.1 Å². The molecule has 0 fully saturated rings. The maximum atomic E-state index is 12.3. The molecule has 2 amide bonds. The second-order valence-corrected chi connectivity index (χ2v) is 7.45. The number of anilines is 2. The van der Waals surface area contributed by atoms with E-state index in [0.717, 1.165) is 22.5 Å². The summed E-state index contributed by atoms with van der Waals surface area (Å²) < 4.78 is 0. The third kappa shape index (κ3) is 4.88. The molecule has 0 saturated heterocycles. The van der Waals surface area contributed by atoms with Gasteiger partial charge < -0.3 is 16.0 Å². The standard InChI is InChI=1S/C22H29N3O/c1-7-16-14-17(8-13-20(16)23-6)15(2)24-21(26)25-19-11-9-18(10-12-19)22(3,4)5/h7-15,23H,1H2,2-6H3,(H2,24,25,26)/t15-/m1/s1. The molecular formula is C22H29N3O. The van der Waals surface area contributed by atoms with Gasteiger partial charge in [-0.3, -0.25) is 0 Å². The SMILES string of the molecule is C=Cc1cc([C@@H](C)NC(=O)Nc2ccc(C(C)(C)C)cc2)ccc1NC. The third-order valence-corrected chi connectivity index (χ3v) is 4.42. The first-order valence-corrected chi connectivity index (χ1v) is 8.87. The molecule has 0 heterocycles. The Labute approximate surface area is 156 Å². The van der Waals surface area contributed by atoms with E-state index in [9.17, 15) is 4.79 Å². The normalized spacial score (nSPS) is 12.2. The summed E-state index contributed by atoms with van der Waals surface area (Å²) in [6, 6.07) is 13.6. The molecule has 4 heteroatoms. The van der Waals surface area contributed by atoms with E-state index in [2.05, 4.69) is 43.3 Å². The summed E-state index contributed by atoms with van der Waals surface area (Å²) in [5.41, 5.74) is 5.16. The molecule has 138 valence electrons. The Balaban J connectivity index is 2.02. The van der Waals surface area contributed by atoms with Crippen molar-refractivity contribution in [2.45, 2.75) is 39.2 Å². The van der Waals surface area contributed by atoms with Crippen LogP contribution in [0.3, 0.4) is 0 Å². The van der Waals surface area contributed by atoms with Crippen molar-refractivity contribution in [1.29, 1.82) is 0 Å². The van der Waals surface area contributed by atoms with Crippen molar-refractivity contribution in [3.63, 3.8) is 0 Å². The lowest BCUT2D eigenvalue weighted by Gasteiger charge is -2.20. The van der Waals surface area contributed by atoms with Crippen LogP contribution in [0.4, 0.5) is 16.2 Å². The topological polar surface area (TPSA) is 53.2 Å².